The third-order valence-electron chi connectivity index (χ3n) is 3.57. The van der Waals surface area contributed by atoms with Gasteiger partial charge in [-0.25, -0.2) is 8.42 Å². The van der Waals surface area contributed by atoms with Crippen LogP contribution >= 0.6 is 11.3 Å². The smallest absolute Gasteiger partial charge is 0.308 e. The molecule has 0 N–H and O–H groups in total. The van der Waals surface area contributed by atoms with Gasteiger partial charge in [-0.05, 0) is 31.4 Å². The Labute approximate surface area is 123 Å². The fourth-order valence-electron chi connectivity index (χ4n) is 2.31. The van der Waals surface area contributed by atoms with Gasteiger partial charge in [0.2, 0.25) is 0 Å². The molecule has 1 aromatic heterocycles. The van der Waals surface area contributed by atoms with E-state index in [1.165, 1.54) is 22.8 Å². The average molecular weight is 317 g/mol. The summed E-state index contributed by atoms with van der Waals surface area (Å²) in [5.41, 5.74) is 0. The molecule has 0 spiro atoms. The van der Waals surface area contributed by atoms with Crippen molar-refractivity contribution in [2.45, 2.75) is 30.4 Å². The maximum atomic E-state index is 12.5. The number of nitrogens with zero attached hydrogens (tertiary/aromatic N) is 1. The monoisotopic (exact) mass is 317 g/mol. The number of piperidine rings is 1. The number of thiophene rings is 1. The summed E-state index contributed by atoms with van der Waals surface area (Å²) in [5, 5.41) is 0. The van der Waals surface area contributed by atoms with Crippen LogP contribution in [-0.4, -0.2) is 38.9 Å². The van der Waals surface area contributed by atoms with Crippen LogP contribution in [0.25, 0.3) is 0 Å². The summed E-state index contributed by atoms with van der Waals surface area (Å²) < 4.78 is 31.5. The van der Waals surface area contributed by atoms with Crippen molar-refractivity contribution < 1.29 is 17.9 Å². The van der Waals surface area contributed by atoms with Crippen LogP contribution in [0.3, 0.4) is 0 Å². The van der Waals surface area contributed by atoms with Crippen molar-refractivity contribution in [3.05, 3.63) is 17.0 Å². The molecule has 1 aromatic rings. The van der Waals surface area contributed by atoms with Gasteiger partial charge < -0.3 is 4.74 Å². The zero-order valence-electron chi connectivity index (χ0n) is 11.7. The number of rotatable bonds is 4. The number of ether oxygens (including phenoxy) is 1. The first-order valence-electron chi connectivity index (χ1n) is 6.65. The van der Waals surface area contributed by atoms with Crippen molar-refractivity contribution in [2.75, 3.05) is 20.2 Å². The Hall–Kier alpha value is -0.920. The molecule has 1 aliphatic rings. The number of carbonyl (C=O) groups is 1. The van der Waals surface area contributed by atoms with Gasteiger partial charge in [0, 0.05) is 18.0 Å². The molecule has 20 heavy (non-hydrogen) atoms. The number of hydrogen-bond acceptors (Lipinski definition) is 5. The van der Waals surface area contributed by atoms with Gasteiger partial charge in [0.1, 0.15) is 4.21 Å². The highest BCUT2D eigenvalue weighted by Crippen LogP contribution is 2.28. The molecule has 0 amide bonds. The lowest BCUT2D eigenvalue weighted by atomic mass is 9.99. The Kier molecular flexibility index (Phi) is 4.82. The zero-order chi connectivity index (χ0) is 14.8. The molecule has 5 nitrogen and oxygen atoms in total. The van der Waals surface area contributed by atoms with Crippen LogP contribution < -0.4 is 0 Å². The predicted octanol–water partition coefficient (Wildman–Crippen LogP) is 1.88. The highest BCUT2D eigenvalue weighted by molar-refractivity contribution is 7.91. The SMILES string of the molecule is CCc1ccc(S(=O)(=O)N2CCC(C(=O)OC)CC2)s1. The van der Waals surface area contributed by atoms with Crippen LogP contribution in [0, 0.1) is 5.92 Å². The molecule has 0 radical (unpaired) electrons. The fourth-order valence-corrected chi connectivity index (χ4v) is 5.23. The Morgan fingerprint density at radius 1 is 1.40 bits per heavy atom. The van der Waals surface area contributed by atoms with Gasteiger partial charge in [0.25, 0.3) is 10.0 Å². The van der Waals surface area contributed by atoms with E-state index in [0.717, 1.165) is 11.3 Å². The Morgan fingerprint density at radius 3 is 2.55 bits per heavy atom. The minimum absolute atomic E-state index is 0.180. The van der Waals surface area contributed by atoms with Crippen LogP contribution in [0.5, 0.6) is 0 Å². The number of sulfonamides is 1. The van der Waals surface area contributed by atoms with Crippen LogP contribution in [0.2, 0.25) is 0 Å². The minimum Gasteiger partial charge on any atom is -0.469 e. The van der Waals surface area contributed by atoms with Crippen molar-refractivity contribution in [2.24, 2.45) is 5.92 Å². The molecule has 2 heterocycles. The molecule has 0 aliphatic carbocycles. The second-order valence-electron chi connectivity index (χ2n) is 4.78. The van der Waals surface area contributed by atoms with Crippen molar-refractivity contribution in [1.29, 1.82) is 0 Å². The van der Waals surface area contributed by atoms with Gasteiger partial charge in [-0.2, -0.15) is 4.31 Å². The van der Waals surface area contributed by atoms with Gasteiger partial charge in [-0.1, -0.05) is 6.92 Å². The first-order valence-corrected chi connectivity index (χ1v) is 8.91. The first kappa shape index (κ1) is 15.5. The molecule has 1 aliphatic heterocycles. The van der Waals surface area contributed by atoms with Gasteiger partial charge in [0.05, 0.1) is 13.0 Å². The van der Waals surface area contributed by atoms with E-state index in [1.54, 1.807) is 6.07 Å². The number of carbonyl (C=O) groups excluding carboxylic acids is 1. The van der Waals surface area contributed by atoms with Crippen molar-refractivity contribution >= 4 is 27.3 Å². The summed E-state index contributed by atoms with van der Waals surface area (Å²) >= 11 is 1.32. The number of hydrogen-bond donors (Lipinski definition) is 0. The van der Waals surface area contributed by atoms with Gasteiger partial charge in [0.15, 0.2) is 0 Å². The van der Waals surface area contributed by atoms with Gasteiger partial charge >= 0.3 is 5.97 Å². The Bertz CT molecular complexity index is 571. The lowest BCUT2D eigenvalue weighted by Gasteiger charge is -2.29. The predicted molar refractivity (Wildman–Crippen MR) is 77.2 cm³/mol. The topological polar surface area (TPSA) is 63.7 Å². The van der Waals surface area contributed by atoms with E-state index in [9.17, 15) is 13.2 Å². The van der Waals surface area contributed by atoms with E-state index >= 15 is 0 Å². The fraction of sp³-hybridized carbons (Fsp3) is 0.615. The second kappa shape index (κ2) is 6.24. The lowest BCUT2D eigenvalue weighted by molar-refractivity contribution is -0.146. The van der Waals surface area contributed by atoms with E-state index in [-0.39, 0.29) is 11.9 Å². The maximum Gasteiger partial charge on any atom is 0.308 e. The van der Waals surface area contributed by atoms with E-state index in [1.807, 2.05) is 13.0 Å². The maximum absolute atomic E-state index is 12.5. The molecule has 1 saturated heterocycles. The Balaban J connectivity index is 2.07. The van der Waals surface area contributed by atoms with E-state index in [4.69, 9.17) is 4.74 Å². The number of methoxy groups -OCH3 is 1. The Morgan fingerprint density at radius 2 is 2.05 bits per heavy atom. The number of aryl methyl sites for hydroxylation is 1. The van der Waals surface area contributed by atoms with E-state index in [0.29, 0.717) is 30.1 Å². The van der Waals surface area contributed by atoms with Crippen molar-refractivity contribution in [1.82, 2.24) is 4.31 Å². The highest BCUT2D eigenvalue weighted by Gasteiger charge is 2.33. The van der Waals surface area contributed by atoms with Crippen LogP contribution in [0.1, 0.15) is 24.6 Å². The number of esters is 1. The third kappa shape index (κ3) is 3.05. The van der Waals surface area contributed by atoms with Gasteiger partial charge in [-0.3, -0.25) is 4.79 Å². The molecular weight excluding hydrogens is 298 g/mol. The molecule has 0 unspecified atom stereocenters. The molecule has 0 saturated carbocycles. The largest absolute Gasteiger partial charge is 0.469 e. The molecular formula is C13H19NO4S2. The lowest BCUT2D eigenvalue weighted by Crippen LogP contribution is -2.40. The molecule has 0 aromatic carbocycles. The summed E-state index contributed by atoms with van der Waals surface area (Å²) in [4.78, 5) is 12.5. The summed E-state index contributed by atoms with van der Waals surface area (Å²) in [6, 6.07) is 3.53. The standard InChI is InChI=1S/C13H19NO4S2/c1-3-11-4-5-12(19-11)20(16,17)14-8-6-10(7-9-14)13(15)18-2/h4-5,10H,3,6-9H2,1-2H3. The van der Waals surface area contributed by atoms with Gasteiger partial charge in [-0.15, -0.1) is 11.3 Å². The minimum atomic E-state index is -3.41. The summed E-state index contributed by atoms with van der Waals surface area (Å²) in [7, 11) is -2.04. The second-order valence-corrected chi connectivity index (χ2v) is 8.11. The molecule has 0 atom stereocenters. The average Bonchev–Trinajstić information content (AvgIpc) is 2.96. The first-order chi connectivity index (χ1) is 9.48. The van der Waals surface area contributed by atoms with Crippen LogP contribution in [0.15, 0.2) is 16.3 Å². The highest BCUT2D eigenvalue weighted by atomic mass is 32.2. The van der Waals surface area contributed by atoms with E-state index in [2.05, 4.69) is 0 Å². The molecule has 2 rings (SSSR count). The molecule has 7 heteroatoms. The summed E-state index contributed by atoms with van der Waals surface area (Å²) in [6.45, 7) is 2.76. The third-order valence-corrected chi connectivity index (χ3v) is 7.16. The molecule has 1 fully saturated rings. The molecule has 0 bridgehead atoms. The zero-order valence-corrected chi connectivity index (χ0v) is 13.3. The summed E-state index contributed by atoms with van der Waals surface area (Å²) in [6.07, 6.45) is 1.89. The van der Waals surface area contributed by atoms with Crippen molar-refractivity contribution in [3.8, 4) is 0 Å². The summed E-state index contributed by atoms with van der Waals surface area (Å²) in [5.74, 6) is -0.424. The van der Waals surface area contributed by atoms with Crippen LogP contribution in [-0.2, 0) is 26.0 Å². The van der Waals surface area contributed by atoms with E-state index < -0.39 is 10.0 Å². The van der Waals surface area contributed by atoms with Crippen molar-refractivity contribution in [3.63, 3.8) is 0 Å². The normalized spacial score (nSPS) is 18.1. The van der Waals surface area contributed by atoms with Crippen LogP contribution in [0.4, 0.5) is 0 Å². The quantitative estimate of drug-likeness (QED) is 0.796. The molecule has 112 valence electrons.